The minimum absolute atomic E-state index is 0.0279. The number of amides is 1. The number of hydrogen-bond acceptors (Lipinski definition) is 4. The summed E-state index contributed by atoms with van der Waals surface area (Å²) in [6.07, 6.45) is 2.92. The number of hydrogen-bond donors (Lipinski definition) is 0. The number of rotatable bonds is 4. The number of carbonyl (C=O) groups excluding carboxylic acids is 1. The highest BCUT2D eigenvalue weighted by Crippen LogP contribution is 2.24. The first kappa shape index (κ1) is 17.2. The fourth-order valence-corrected chi connectivity index (χ4v) is 2.99. The van der Waals surface area contributed by atoms with E-state index in [0.29, 0.717) is 17.9 Å². The van der Waals surface area contributed by atoms with Crippen LogP contribution in [0.3, 0.4) is 0 Å². The normalized spacial score (nSPS) is 10.7. The fourth-order valence-electron chi connectivity index (χ4n) is 2.58. The number of ether oxygens (including phenoxy) is 1. The van der Waals surface area contributed by atoms with Crippen molar-refractivity contribution < 1.29 is 9.53 Å². The molecule has 25 heavy (non-hydrogen) atoms. The molecule has 2 aromatic heterocycles. The van der Waals surface area contributed by atoms with E-state index < -0.39 is 5.91 Å². The quantitative estimate of drug-likeness (QED) is 0.674. The van der Waals surface area contributed by atoms with Gasteiger partial charge in [-0.15, -0.1) is 0 Å². The molecule has 0 bridgehead atoms. The number of pyridine rings is 1. The van der Waals surface area contributed by atoms with Gasteiger partial charge in [0.25, 0.3) is 11.5 Å². The molecule has 0 saturated heterocycles. The molecule has 0 spiro atoms. The standard InChI is InChI=1S/C18H16BrN3O3/c1-21(11-12-9-13(19)6-7-15(12)25-2)17(23)14-10-20-16-5-3-4-8-22(16)18(14)24/h3-10H,11H2,1-2H3. The van der Waals surface area contributed by atoms with Crippen molar-refractivity contribution in [2.24, 2.45) is 0 Å². The number of aromatic nitrogens is 2. The lowest BCUT2D eigenvalue weighted by atomic mass is 10.2. The molecule has 0 atom stereocenters. The average Bonchev–Trinajstić information content (AvgIpc) is 2.62. The Hall–Kier alpha value is -2.67. The van der Waals surface area contributed by atoms with Crippen LogP contribution in [0.25, 0.3) is 5.65 Å². The van der Waals surface area contributed by atoms with E-state index in [0.717, 1.165) is 10.0 Å². The van der Waals surface area contributed by atoms with Gasteiger partial charge in [0.15, 0.2) is 0 Å². The number of nitrogens with zero attached hydrogens (tertiary/aromatic N) is 3. The van der Waals surface area contributed by atoms with Crippen LogP contribution >= 0.6 is 15.9 Å². The van der Waals surface area contributed by atoms with Crippen molar-refractivity contribution in [1.82, 2.24) is 14.3 Å². The highest BCUT2D eigenvalue weighted by Gasteiger charge is 2.19. The van der Waals surface area contributed by atoms with Gasteiger partial charge in [-0.2, -0.15) is 0 Å². The van der Waals surface area contributed by atoms with Crippen LogP contribution in [0.5, 0.6) is 5.75 Å². The number of halogens is 1. The van der Waals surface area contributed by atoms with Gasteiger partial charge in [-0.05, 0) is 30.3 Å². The molecule has 0 fully saturated rings. The Morgan fingerprint density at radius 1 is 1.32 bits per heavy atom. The van der Waals surface area contributed by atoms with Crippen LogP contribution in [0.15, 0.2) is 58.1 Å². The molecule has 128 valence electrons. The predicted molar refractivity (Wildman–Crippen MR) is 98.0 cm³/mol. The van der Waals surface area contributed by atoms with E-state index in [9.17, 15) is 9.59 Å². The van der Waals surface area contributed by atoms with Crippen molar-refractivity contribution in [2.75, 3.05) is 14.2 Å². The Morgan fingerprint density at radius 3 is 2.88 bits per heavy atom. The molecule has 3 rings (SSSR count). The lowest BCUT2D eigenvalue weighted by Crippen LogP contribution is -2.33. The minimum atomic E-state index is -0.391. The van der Waals surface area contributed by atoms with Crippen LogP contribution in [0.4, 0.5) is 0 Å². The van der Waals surface area contributed by atoms with Gasteiger partial charge in [0, 0.05) is 36.0 Å². The zero-order valence-electron chi connectivity index (χ0n) is 13.8. The first-order valence-corrected chi connectivity index (χ1v) is 8.35. The second-order valence-electron chi connectivity index (χ2n) is 5.52. The van der Waals surface area contributed by atoms with Crippen molar-refractivity contribution >= 4 is 27.5 Å². The number of benzene rings is 1. The third-order valence-electron chi connectivity index (χ3n) is 3.84. The molecular formula is C18H16BrN3O3. The minimum Gasteiger partial charge on any atom is -0.496 e. The molecule has 1 aromatic carbocycles. The Bertz CT molecular complexity index is 1000. The summed E-state index contributed by atoms with van der Waals surface area (Å²) in [4.78, 5) is 30.9. The van der Waals surface area contributed by atoms with E-state index in [2.05, 4.69) is 20.9 Å². The van der Waals surface area contributed by atoms with E-state index in [1.54, 1.807) is 38.6 Å². The smallest absolute Gasteiger partial charge is 0.270 e. The summed E-state index contributed by atoms with van der Waals surface area (Å²) in [5.41, 5.74) is 0.978. The van der Waals surface area contributed by atoms with Gasteiger partial charge in [0.1, 0.15) is 17.0 Å². The van der Waals surface area contributed by atoms with E-state index in [1.165, 1.54) is 15.5 Å². The van der Waals surface area contributed by atoms with Crippen LogP contribution in [0, 0.1) is 0 Å². The lowest BCUT2D eigenvalue weighted by molar-refractivity contribution is 0.0782. The Balaban J connectivity index is 1.92. The molecule has 0 radical (unpaired) electrons. The molecule has 0 aliphatic rings. The predicted octanol–water partition coefficient (Wildman–Crippen LogP) is 2.74. The number of methoxy groups -OCH3 is 1. The highest BCUT2D eigenvalue weighted by atomic mass is 79.9. The lowest BCUT2D eigenvalue weighted by Gasteiger charge is -2.19. The Kier molecular flexibility index (Phi) is 4.85. The van der Waals surface area contributed by atoms with Crippen molar-refractivity contribution in [2.45, 2.75) is 6.54 Å². The van der Waals surface area contributed by atoms with Crippen molar-refractivity contribution in [3.05, 3.63) is 74.7 Å². The number of fused-ring (bicyclic) bond motifs is 1. The van der Waals surface area contributed by atoms with E-state index >= 15 is 0 Å². The molecule has 7 heteroatoms. The monoisotopic (exact) mass is 401 g/mol. The van der Waals surface area contributed by atoms with Crippen LogP contribution in [0.2, 0.25) is 0 Å². The zero-order valence-corrected chi connectivity index (χ0v) is 15.4. The van der Waals surface area contributed by atoms with E-state index in [-0.39, 0.29) is 11.1 Å². The van der Waals surface area contributed by atoms with Gasteiger partial charge >= 0.3 is 0 Å². The van der Waals surface area contributed by atoms with Gasteiger partial charge in [0.2, 0.25) is 0 Å². The van der Waals surface area contributed by atoms with Crippen LogP contribution in [-0.2, 0) is 6.54 Å². The van der Waals surface area contributed by atoms with Gasteiger partial charge in [0.05, 0.1) is 7.11 Å². The summed E-state index contributed by atoms with van der Waals surface area (Å²) in [6, 6.07) is 10.8. The third kappa shape index (κ3) is 3.41. The Morgan fingerprint density at radius 2 is 2.12 bits per heavy atom. The van der Waals surface area contributed by atoms with E-state index in [4.69, 9.17) is 4.74 Å². The SMILES string of the molecule is COc1ccc(Br)cc1CN(C)C(=O)c1cnc2ccccn2c1=O. The molecule has 2 heterocycles. The molecule has 6 nitrogen and oxygen atoms in total. The fraction of sp³-hybridized carbons (Fsp3) is 0.167. The summed E-state index contributed by atoms with van der Waals surface area (Å²) < 4.78 is 7.58. The molecule has 1 amide bonds. The van der Waals surface area contributed by atoms with E-state index in [1.807, 2.05) is 18.2 Å². The molecule has 0 aliphatic carbocycles. The maximum absolute atomic E-state index is 12.7. The van der Waals surface area contributed by atoms with Gasteiger partial charge in [-0.1, -0.05) is 22.0 Å². The summed E-state index contributed by atoms with van der Waals surface area (Å²) in [5.74, 6) is 0.286. The molecular weight excluding hydrogens is 386 g/mol. The maximum Gasteiger partial charge on any atom is 0.270 e. The third-order valence-corrected chi connectivity index (χ3v) is 4.33. The van der Waals surface area contributed by atoms with Gasteiger partial charge in [-0.25, -0.2) is 4.98 Å². The summed E-state index contributed by atoms with van der Waals surface area (Å²) >= 11 is 3.41. The molecule has 3 aromatic rings. The number of carbonyl (C=O) groups is 1. The van der Waals surface area contributed by atoms with Gasteiger partial charge in [-0.3, -0.25) is 14.0 Å². The first-order valence-electron chi connectivity index (χ1n) is 7.55. The summed E-state index contributed by atoms with van der Waals surface area (Å²) in [6.45, 7) is 0.304. The Labute approximate surface area is 152 Å². The van der Waals surface area contributed by atoms with Crippen molar-refractivity contribution in [3.8, 4) is 5.75 Å². The molecule has 0 saturated carbocycles. The van der Waals surface area contributed by atoms with Crippen molar-refractivity contribution in [1.29, 1.82) is 0 Å². The molecule has 0 N–H and O–H groups in total. The van der Waals surface area contributed by atoms with Crippen molar-refractivity contribution in [3.63, 3.8) is 0 Å². The second-order valence-corrected chi connectivity index (χ2v) is 6.44. The first-order chi connectivity index (χ1) is 12.0. The highest BCUT2D eigenvalue weighted by molar-refractivity contribution is 9.10. The molecule has 0 aliphatic heterocycles. The van der Waals surface area contributed by atoms with Crippen LogP contribution < -0.4 is 10.3 Å². The summed E-state index contributed by atoms with van der Waals surface area (Å²) in [5, 5.41) is 0. The van der Waals surface area contributed by atoms with Crippen LogP contribution in [0.1, 0.15) is 15.9 Å². The van der Waals surface area contributed by atoms with Crippen LogP contribution in [-0.4, -0.2) is 34.3 Å². The second kappa shape index (κ2) is 7.06. The average molecular weight is 402 g/mol. The zero-order chi connectivity index (χ0) is 18.0. The topological polar surface area (TPSA) is 63.9 Å². The summed E-state index contributed by atoms with van der Waals surface area (Å²) in [7, 11) is 3.22. The van der Waals surface area contributed by atoms with Gasteiger partial charge < -0.3 is 9.64 Å². The largest absolute Gasteiger partial charge is 0.496 e. The maximum atomic E-state index is 12.7. The molecule has 0 unspecified atom stereocenters.